The number of hydrogen-bond donors (Lipinski definition) is 0. The van der Waals surface area contributed by atoms with Crippen LogP contribution in [-0.2, 0) is 0 Å². The standard InChI is InChI=1S/C18H14N6OS/c1-10-16(26-18(23-10)12-7-21-9-22-8-12)13-6-11-4-5-25-15(11)14(24-13)17(19-2)20-3/h4-9H,2H2,1,3H3. The molecule has 4 aromatic rings. The van der Waals surface area contributed by atoms with Crippen LogP contribution in [0.25, 0.3) is 32.1 Å². The van der Waals surface area contributed by atoms with Crippen molar-refractivity contribution in [1.82, 2.24) is 19.9 Å². The molecule has 128 valence electrons. The lowest BCUT2D eigenvalue weighted by Crippen LogP contribution is -2.02. The second-order valence-corrected chi connectivity index (χ2v) is 6.46. The van der Waals surface area contributed by atoms with Crippen molar-refractivity contribution in [1.29, 1.82) is 0 Å². The first-order chi connectivity index (χ1) is 12.7. The van der Waals surface area contributed by atoms with Crippen LogP contribution < -0.4 is 0 Å². The summed E-state index contributed by atoms with van der Waals surface area (Å²) in [6.07, 6.45) is 6.62. The highest BCUT2D eigenvalue weighted by molar-refractivity contribution is 7.18. The van der Waals surface area contributed by atoms with E-state index < -0.39 is 0 Å². The molecule has 26 heavy (non-hydrogen) atoms. The van der Waals surface area contributed by atoms with Crippen molar-refractivity contribution >= 4 is 34.9 Å². The lowest BCUT2D eigenvalue weighted by Gasteiger charge is -2.04. The molecule has 0 unspecified atom stereocenters. The van der Waals surface area contributed by atoms with Crippen LogP contribution in [0, 0.1) is 6.92 Å². The minimum atomic E-state index is 0.436. The number of nitrogens with zero attached hydrogens (tertiary/aromatic N) is 6. The van der Waals surface area contributed by atoms with E-state index in [1.165, 1.54) is 6.33 Å². The van der Waals surface area contributed by atoms with Crippen molar-refractivity contribution < 1.29 is 4.42 Å². The molecule has 0 aliphatic rings. The van der Waals surface area contributed by atoms with Gasteiger partial charge in [0.1, 0.15) is 11.3 Å². The predicted octanol–water partition coefficient (Wildman–Crippen LogP) is 3.79. The predicted molar refractivity (Wildman–Crippen MR) is 103 cm³/mol. The Kier molecular flexibility index (Phi) is 4.10. The molecule has 0 atom stereocenters. The molecule has 0 N–H and O–H groups in total. The maximum atomic E-state index is 5.57. The number of hydrogen-bond acceptors (Lipinski definition) is 7. The summed E-state index contributed by atoms with van der Waals surface area (Å²) in [5.74, 6) is 0.436. The maximum absolute atomic E-state index is 5.57. The molecule has 4 heterocycles. The summed E-state index contributed by atoms with van der Waals surface area (Å²) < 4.78 is 5.57. The van der Waals surface area contributed by atoms with Crippen LogP contribution in [-0.4, -0.2) is 39.5 Å². The zero-order valence-corrected chi connectivity index (χ0v) is 15.0. The van der Waals surface area contributed by atoms with Crippen molar-refractivity contribution in [2.24, 2.45) is 9.98 Å². The quantitative estimate of drug-likeness (QED) is 0.408. The van der Waals surface area contributed by atoms with E-state index in [2.05, 4.69) is 31.7 Å². The van der Waals surface area contributed by atoms with E-state index in [-0.39, 0.29) is 0 Å². The van der Waals surface area contributed by atoms with Gasteiger partial charge in [-0.2, -0.15) is 0 Å². The Labute approximate surface area is 153 Å². The molecule has 0 aromatic carbocycles. The van der Waals surface area contributed by atoms with Gasteiger partial charge in [-0.1, -0.05) is 0 Å². The Morgan fingerprint density at radius 3 is 2.77 bits per heavy atom. The highest BCUT2D eigenvalue weighted by atomic mass is 32.1. The normalized spacial score (nSPS) is 11.8. The molecule has 4 aromatic heterocycles. The van der Waals surface area contributed by atoms with Gasteiger partial charge in [0.15, 0.2) is 17.1 Å². The smallest absolute Gasteiger partial charge is 0.176 e. The van der Waals surface area contributed by atoms with E-state index in [9.17, 15) is 0 Å². The molecule has 0 radical (unpaired) electrons. The van der Waals surface area contributed by atoms with Crippen LogP contribution >= 0.6 is 11.3 Å². The zero-order valence-electron chi connectivity index (χ0n) is 14.2. The van der Waals surface area contributed by atoms with E-state index in [0.29, 0.717) is 17.1 Å². The average molecular weight is 362 g/mol. The van der Waals surface area contributed by atoms with Crippen molar-refractivity contribution in [2.45, 2.75) is 6.92 Å². The molecule has 7 nitrogen and oxygen atoms in total. The lowest BCUT2D eigenvalue weighted by atomic mass is 10.2. The van der Waals surface area contributed by atoms with E-state index in [0.717, 1.165) is 32.2 Å². The summed E-state index contributed by atoms with van der Waals surface area (Å²) in [5, 5.41) is 1.77. The van der Waals surface area contributed by atoms with E-state index >= 15 is 0 Å². The van der Waals surface area contributed by atoms with Gasteiger partial charge in [0.2, 0.25) is 0 Å². The highest BCUT2D eigenvalue weighted by Crippen LogP contribution is 2.35. The van der Waals surface area contributed by atoms with Gasteiger partial charge in [-0.15, -0.1) is 11.3 Å². The molecular weight excluding hydrogens is 348 g/mol. The molecule has 0 aliphatic heterocycles. The number of amidine groups is 1. The van der Waals surface area contributed by atoms with Gasteiger partial charge in [-0.25, -0.2) is 24.9 Å². The largest absolute Gasteiger partial charge is 0.462 e. The number of rotatable bonds is 3. The fraction of sp³-hybridized carbons (Fsp3) is 0.111. The fourth-order valence-corrected chi connectivity index (χ4v) is 3.66. The second-order valence-electron chi connectivity index (χ2n) is 5.46. The number of aromatic nitrogens is 4. The van der Waals surface area contributed by atoms with Gasteiger partial charge < -0.3 is 4.42 Å². The molecular formula is C18H14N6OS. The van der Waals surface area contributed by atoms with Crippen LogP contribution in [0.4, 0.5) is 0 Å². The molecule has 4 rings (SSSR count). The Morgan fingerprint density at radius 2 is 2.04 bits per heavy atom. The first-order valence-corrected chi connectivity index (χ1v) is 8.58. The van der Waals surface area contributed by atoms with Crippen molar-refractivity contribution in [3.05, 3.63) is 48.5 Å². The Morgan fingerprint density at radius 1 is 1.23 bits per heavy atom. The summed E-state index contributed by atoms with van der Waals surface area (Å²) in [7, 11) is 1.65. The SMILES string of the molecule is C=NC(=NC)c1nc(-c2sc(-c3cncnc3)nc2C)cc2ccoc12. The summed E-state index contributed by atoms with van der Waals surface area (Å²) in [6, 6.07) is 3.87. The van der Waals surface area contributed by atoms with Gasteiger partial charge >= 0.3 is 0 Å². The Hall–Kier alpha value is -3.26. The van der Waals surface area contributed by atoms with E-state index in [4.69, 9.17) is 9.40 Å². The minimum absolute atomic E-state index is 0.436. The first-order valence-electron chi connectivity index (χ1n) is 7.76. The summed E-state index contributed by atoms with van der Waals surface area (Å²) in [6.45, 7) is 5.54. The molecule has 0 fully saturated rings. The summed E-state index contributed by atoms with van der Waals surface area (Å²) in [5.41, 5.74) is 3.76. The van der Waals surface area contributed by atoms with Crippen LogP contribution in [0.1, 0.15) is 11.4 Å². The summed E-state index contributed by atoms with van der Waals surface area (Å²) in [4.78, 5) is 26.6. The van der Waals surface area contributed by atoms with Crippen LogP contribution in [0.3, 0.4) is 0 Å². The minimum Gasteiger partial charge on any atom is -0.462 e. The van der Waals surface area contributed by atoms with Gasteiger partial charge in [0.25, 0.3) is 0 Å². The van der Waals surface area contributed by atoms with Gasteiger partial charge in [0, 0.05) is 30.4 Å². The van der Waals surface area contributed by atoms with Crippen molar-refractivity contribution in [3.8, 4) is 21.1 Å². The molecule has 0 bridgehead atoms. The van der Waals surface area contributed by atoms with Gasteiger partial charge in [0.05, 0.1) is 22.5 Å². The Bertz CT molecular complexity index is 1130. The molecule has 0 saturated carbocycles. The number of aliphatic imine (C=N–C) groups is 2. The number of thiazole rings is 1. The van der Waals surface area contributed by atoms with Crippen LogP contribution in [0.2, 0.25) is 0 Å². The fourth-order valence-electron chi connectivity index (χ4n) is 2.66. The van der Waals surface area contributed by atoms with Crippen molar-refractivity contribution in [3.63, 3.8) is 0 Å². The molecule has 0 spiro atoms. The third kappa shape index (κ3) is 2.70. The van der Waals surface area contributed by atoms with E-state index in [1.54, 1.807) is 37.0 Å². The summed E-state index contributed by atoms with van der Waals surface area (Å²) >= 11 is 1.54. The topological polar surface area (TPSA) is 89.4 Å². The number of aryl methyl sites for hydroxylation is 1. The molecule has 8 heteroatoms. The average Bonchev–Trinajstić information content (AvgIpc) is 3.29. The maximum Gasteiger partial charge on any atom is 0.176 e. The molecule has 0 saturated heterocycles. The first kappa shape index (κ1) is 16.2. The monoisotopic (exact) mass is 362 g/mol. The molecule has 0 aliphatic carbocycles. The number of pyridine rings is 1. The van der Waals surface area contributed by atoms with E-state index in [1.807, 2.05) is 19.1 Å². The zero-order chi connectivity index (χ0) is 18.1. The van der Waals surface area contributed by atoms with Gasteiger partial charge in [-0.3, -0.25) is 4.99 Å². The molecule has 0 amide bonds. The van der Waals surface area contributed by atoms with Crippen LogP contribution in [0.5, 0.6) is 0 Å². The van der Waals surface area contributed by atoms with Crippen LogP contribution in [0.15, 0.2) is 51.5 Å². The third-order valence-corrected chi connectivity index (χ3v) is 5.07. The number of fused-ring (bicyclic) bond motifs is 1. The number of furan rings is 1. The Balaban J connectivity index is 1.90. The second kappa shape index (κ2) is 6.57. The van der Waals surface area contributed by atoms with Gasteiger partial charge in [-0.05, 0) is 25.8 Å². The highest BCUT2D eigenvalue weighted by Gasteiger charge is 2.18. The lowest BCUT2D eigenvalue weighted by molar-refractivity contribution is 0.613. The van der Waals surface area contributed by atoms with Crippen molar-refractivity contribution in [2.75, 3.05) is 7.05 Å². The third-order valence-electron chi connectivity index (χ3n) is 3.85.